The number of pyridine rings is 1. The van der Waals surface area contributed by atoms with Gasteiger partial charge in [0.05, 0.1) is 5.69 Å². The van der Waals surface area contributed by atoms with Gasteiger partial charge < -0.3 is 14.9 Å². The van der Waals surface area contributed by atoms with Gasteiger partial charge in [0.1, 0.15) is 0 Å². The molecular formula is C21H24N4O2. The number of anilines is 1. The van der Waals surface area contributed by atoms with E-state index in [1.165, 1.54) is 10.1 Å². The molecule has 0 saturated carbocycles. The standard InChI is InChI=1S/C21H24N4O2/c1-23(13-16-9-11-24(14-16)18-6-3-2-4-7-18)15-17-12-20(27)25-10-5-8-19(26)21(25)22-17/h2-8,10,12,16,26H,9,11,13-15H2,1H3. The summed E-state index contributed by atoms with van der Waals surface area (Å²) in [5.74, 6) is 0.610. The molecule has 1 saturated heterocycles. The Labute approximate surface area is 158 Å². The van der Waals surface area contributed by atoms with Crippen molar-refractivity contribution in [3.05, 3.63) is 70.8 Å². The average molecular weight is 364 g/mol. The van der Waals surface area contributed by atoms with Gasteiger partial charge in [-0.05, 0) is 43.7 Å². The highest BCUT2D eigenvalue weighted by Gasteiger charge is 2.23. The summed E-state index contributed by atoms with van der Waals surface area (Å²) in [6.45, 7) is 3.65. The van der Waals surface area contributed by atoms with E-state index in [1.54, 1.807) is 24.4 Å². The number of nitrogens with zero attached hydrogens (tertiary/aromatic N) is 4. The van der Waals surface area contributed by atoms with Crippen LogP contribution in [0.25, 0.3) is 5.65 Å². The number of aromatic hydroxyl groups is 1. The molecule has 1 aromatic carbocycles. The first-order valence-corrected chi connectivity index (χ1v) is 9.29. The Bertz CT molecular complexity index is 986. The number of benzene rings is 1. The fraction of sp³-hybridized carbons (Fsp3) is 0.333. The first-order chi connectivity index (χ1) is 13.1. The van der Waals surface area contributed by atoms with Crippen molar-refractivity contribution >= 4 is 11.3 Å². The van der Waals surface area contributed by atoms with E-state index in [2.05, 4.69) is 46.1 Å². The average Bonchev–Trinajstić information content (AvgIpc) is 3.12. The van der Waals surface area contributed by atoms with Crippen molar-refractivity contribution in [2.24, 2.45) is 5.92 Å². The minimum Gasteiger partial charge on any atom is -0.504 e. The molecule has 2 aromatic heterocycles. The lowest BCUT2D eigenvalue weighted by Crippen LogP contribution is -2.29. The van der Waals surface area contributed by atoms with Crippen LogP contribution in [-0.4, -0.2) is 46.1 Å². The van der Waals surface area contributed by atoms with Gasteiger partial charge in [0, 0.05) is 44.1 Å². The predicted molar refractivity (Wildman–Crippen MR) is 106 cm³/mol. The van der Waals surface area contributed by atoms with E-state index in [0.29, 0.717) is 23.8 Å². The first kappa shape index (κ1) is 17.5. The highest BCUT2D eigenvalue weighted by Crippen LogP contribution is 2.24. The van der Waals surface area contributed by atoms with Crippen LogP contribution in [0.4, 0.5) is 5.69 Å². The number of rotatable bonds is 5. The number of hydrogen-bond donors (Lipinski definition) is 1. The molecule has 27 heavy (non-hydrogen) atoms. The Kier molecular flexibility index (Phi) is 4.81. The quantitative estimate of drug-likeness (QED) is 0.753. The molecule has 6 nitrogen and oxygen atoms in total. The lowest BCUT2D eigenvalue weighted by molar-refractivity contribution is 0.276. The molecule has 3 aromatic rings. The molecule has 0 amide bonds. The van der Waals surface area contributed by atoms with Gasteiger partial charge in [-0.2, -0.15) is 0 Å². The first-order valence-electron chi connectivity index (χ1n) is 9.29. The van der Waals surface area contributed by atoms with Crippen molar-refractivity contribution < 1.29 is 5.11 Å². The second kappa shape index (κ2) is 7.40. The molecule has 0 spiro atoms. The Balaban J connectivity index is 1.41. The summed E-state index contributed by atoms with van der Waals surface area (Å²) < 4.78 is 1.37. The molecule has 1 aliphatic heterocycles. The van der Waals surface area contributed by atoms with Crippen LogP contribution < -0.4 is 10.5 Å². The summed E-state index contributed by atoms with van der Waals surface area (Å²) in [6, 6.07) is 15.2. The van der Waals surface area contributed by atoms with Crippen molar-refractivity contribution in [1.82, 2.24) is 14.3 Å². The van der Waals surface area contributed by atoms with Gasteiger partial charge in [-0.25, -0.2) is 4.98 Å². The fourth-order valence-electron chi connectivity index (χ4n) is 3.88. The SMILES string of the molecule is CN(Cc1cc(=O)n2cccc(O)c2n1)CC1CCN(c2ccccc2)C1. The molecule has 1 N–H and O–H groups in total. The Morgan fingerprint density at radius 1 is 1.22 bits per heavy atom. The molecule has 1 unspecified atom stereocenters. The third kappa shape index (κ3) is 3.80. The van der Waals surface area contributed by atoms with Gasteiger partial charge in [0.2, 0.25) is 0 Å². The molecule has 0 aliphatic carbocycles. The minimum atomic E-state index is -0.171. The predicted octanol–water partition coefficient (Wildman–Crippen LogP) is 2.36. The lowest BCUT2D eigenvalue weighted by Gasteiger charge is -2.22. The largest absolute Gasteiger partial charge is 0.504 e. The Morgan fingerprint density at radius 3 is 2.85 bits per heavy atom. The van der Waals surface area contributed by atoms with Gasteiger partial charge >= 0.3 is 0 Å². The van der Waals surface area contributed by atoms with Crippen LogP contribution in [0.5, 0.6) is 5.75 Å². The van der Waals surface area contributed by atoms with Crippen LogP contribution in [-0.2, 0) is 6.54 Å². The third-order valence-corrected chi connectivity index (χ3v) is 5.13. The van der Waals surface area contributed by atoms with Gasteiger partial charge in [0.15, 0.2) is 11.4 Å². The Hall–Kier alpha value is -2.86. The van der Waals surface area contributed by atoms with Crippen LogP contribution >= 0.6 is 0 Å². The molecule has 0 radical (unpaired) electrons. The van der Waals surface area contributed by atoms with Crippen molar-refractivity contribution in [2.45, 2.75) is 13.0 Å². The summed E-state index contributed by atoms with van der Waals surface area (Å²) in [5, 5.41) is 9.98. The van der Waals surface area contributed by atoms with Crippen LogP contribution in [0.3, 0.4) is 0 Å². The van der Waals surface area contributed by atoms with E-state index >= 15 is 0 Å². The van der Waals surface area contributed by atoms with E-state index in [9.17, 15) is 9.90 Å². The fourth-order valence-corrected chi connectivity index (χ4v) is 3.88. The van der Waals surface area contributed by atoms with Crippen LogP contribution in [0, 0.1) is 5.92 Å². The summed E-state index contributed by atoms with van der Waals surface area (Å²) in [4.78, 5) is 21.4. The maximum atomic E-state index is 12.3. The van der Waals surface area contributed by atoms with Crippen LogP contribution in [0.15, 0.2) is 59.5 Å². The Morgan fingerprint density at radius 2 is 2.04 bits per heavy atom. The highest BCUT2D eigenvalue weighted by atomic mass is 16.3. The summed E-state index contributed by atoms with van der Waals surface area (Å²) in [6.07, 6.45) is 2.78. The topological polar surface area (TPSA) is 61.1 Å². The molecule has 3 heterocycles. The number of aromatic nitrogens is 2. The lowest BCUT2D eigenvalue weighted by atomic mass is 10.1. The number of para-hydroxylation sites is 1. The number of fused-ring (bicyclic) bond motifs is 1. The van der Waals surface area contributed by atoms with Crippen molar-refractivity contribution in [3.8, 4) is 5.75 Å². The molecular weight excluding hydrogens is 340 g/mol. The van der Waals surface area contributed by atoms with Crippen LogP contribution in [0.1, 0.15) is 12.1 Å². The van der Waals surface area contributed by atoms with Crippen molar-refractivity contribution in [3.63, 3.8) is 0 Å². The zero-order valence-corrected chi connectivity index (χ0v) is 15.5. The second-order valence-corrected chi connectivity index (χ2v) is 7.31. The number of hydrogen-bond acceptors (Lipinski definition) is 5. The van der Waals surface area contributed by atoms with Gasteiger partial charge in [0.25, 0.3) is 5.56 Å². The molecule has 6 heteroatoms. The second-order valence-electron chi connectivity index (χ2n) is 7.31. The molecule has 4 rings (SSSR count). The zero-order chi connectivity index (χ0) is 18.8. The summed E-state index contributed by atoms with van der Waals surface area (Å²) in [5.41, 5.74) is 2.10. The summed E-state index contributed by atoms with van der Waals surface area (Å²) in [7, 11) is 2.06. The van der Waals surface area contributed by atoms with Gasteiger partial charge in [-0.1, -0.05) is 18.2 Å². The van der Waals surface area contributed by atoms with Crippen molar-refractivity contribution in [2.75, 3.05) is 31.6 Å². The van der Waals surface area contributed by atoms with Gasteiger partial charge in [-0.3, -0.25) is 9.20 Å². The van der Waals surface area contributed by atoms with E-state index < -0.39 is 0 Å². The summed E-state index contributed by atoms with van der Waals surface area (Å²) >= 11 is 0. The van der Waals surface area contributed by atoms with Gasteiger partial charge in [-0.15, -0.1) is 0 Å². The van der Waals surface area contributed by atoms with E-state index in [-0.39, 0.29) is 11.3 Å². The minimum absolute atomic E-state index is 0.0217. The molecule has 1 fully saturated rings. The molecule has 1 atom stereocenters. The molecule has 0 bridgehead atoms. The molecule has 140 valence electrons. The maximum absolute atomic E-state index is 12.3. The third-order valence-electron chi connectivity index (χ3n) is 5.13. The smallest absolute Gasteiger partial charge is 0.258 e. The maximum Gasteiger partial charge on any atom is 0.258 e. The monoisotopic (exact) mass is 364 g/mol. The zero-order valence-electron chi connectivity index (χ0n) is 15.5. The normalized spacial score (nSPS) is 17.1. The molecule has 1 aliphatic rings. The van der Waals surface area contributed by atoms with E-state index in [1.807, 2.05) is 6.07 Å². The van der Waals surface area contributed by atoms with Crippen molar-refractivity contribution in [1.29, 1.82) is 0 Å². The van der Waals surface area contributed by atoms with E-state index in [4.69, 9.17) is 0 Å². The van der Waals surface area contributed by atoms with Crippen LogP contribution in [0.2, 0.25) is 0 Å². The van der Waals surface area contributed by atoms with E-state index in [0.717, 1.165) is 26.1 Å². The highest BCUT2D eigenvalue weighted by molar-refractivity contribution is 5.52.